The Labute approximate surface area is 100.0 Å². The van der Waals surface area contributed by atoms with E-state index in [9.17, 15) is 4.79 Å². The highest BCUT2D eigenvalue weighted by Gasteiger charge is 2.33. The van der Waals surface area contributed by atoms with Crippen molar-refractivity contribution in [1.82, 2.24) is 5.32 Å². The Hall–Kier alpha value is -1.22. The van der Waals surface area contributed by atoms with Gasteiger partial charge in [0.2, 0.25) is 0 Å². The number of rotatable bonds is 2. The first kappa shape index (κ1) is 11.3. The van der Waals surface area contributed by atoms with Gasteiger partial charge < -0.3 is 11.1 Å². The fourth-order valence-corrected chi connectivity index (χ4v) is 1.98. The largest absolute Gasteiger partial charge is 0.398 e. The molecule has 3 nitrogen and oxygen atoms in total. The second kappa shape index (κ2) is 3.98. The molecule has 0 aliphatic heterocycles. The highest BCUT2D eigenvalue weighted by Crippen LogP contribution is 2.31. The number of amides is 1. The summed E-state index contributed by atoms with van der Waals surface area (Å²) in [6.45, 7) is 2.06. The summed E-state index contributed by atoms with van der Waals surface area (Å²) >= 11 is 5.80. The summed E-state index contributed by atoms with van der Waals surface area (Å²) in [5.41, 5.74) is 6.62. The van der Waals surface area contributed by atoms with Gasteiger partial charge in [-0.15, -0.1) is 0 Å². The van der Waals surface area contributed by atoms with E-state index in [1.807, 2.05) is 0 Å². The third-order valence-electron chi connectivity index (χ3n) is 3.13. The number of hydrogen-bond donors (Lipinski definition) is 2. The van der Waals surface area contributed by atoms with Crippen molar-refractivity contribution in [3.05, 3.63) is 28.8 Å². The minimum Gasteiger partial charge on any atom is -0.398 e. The van der Waals surface area contributed by atoms with Crippen molar-refractivity contribution in [3.63, 3.8) is 0 Å². The summed E-state index contributed by atoms with van der Waals surface area (Å²) in [6.07, 6.45) is 3.27. The van der Waals surface area contributed by atoms with Crippen molar-refractivity contribution in [3.8, 4) is 0 Å². The van der Waals surface area contributed by atoms with Gasteiger partial charge in [0, 0.05) is 11.1 Å². The molecule has 0 radical (unpaired) electrons. The molecule has 16 heavy (non-hydrogen) atoms. The van der Waals surface area contributed by atoms with Crippen molar-refractivity contribution in [2.24, 2.45) is 0 Å². The average molecular weight is 239 g/mol. The van der Waals surface area contributed by atoms with E-state index in [0.717, 1.165) is 12.8 Å². The van der Waals surface area contributed by atoms with Gasteiger partial charge in [0.1, 0.15) is 0 Å². The number of nitrogen functional groups attached to an aromatic ring is 1. The Morgan fingerprint density at radius 2 is 2.19 bits per heavy atom. The number of carbonyl (C=O) groups is 1. The molecule has 1 aromatic carbocycles. The highest BCUT2D eigenvalue weighted by atomic mass is 35.5. The van der Waals surface area contributed by atoms with Crippen molar-refractivity contribution in [2.75, 3.05) is 5.73 Å². The van der Waals surface area contributed by atoms with E-state index in [4.69, 9.17) is 17.3 Å². The molecule has 4 heteroatoms. The summed E-state index contributed by atoms with van der Waals surface area (Å²) in [5.74, 6) is -0.0782. The van der Waals surface area contributed by atoms with Crippen LogP contribution in [0.1, 0.15) is 36.5 Å². The topological polar surface area (TPSA) is 55.1 Å². The molecule has 0 atom stereocenters. The van der Waals surface area contributed by atoms with Gasteiger partial charge in [0.15, 0.2) is 0 Å². The molecular weight excluding hydrogens is 224 g/mol. The maximum atomic E-state index is 11.9. The fraction of sp³-hybridized carbons (Fsp3) is 0.417. The molecular formula is C12H15ClN2O. The first-order chi connectivity index (χ1) is 7.50. The summed E-state index contributed by atoms with van der Waals surface area (Å²) in [7, 11) is 0. The van der Waals surface area contributed by atoms with Gasteiger partial charge in [-0.3, -0.25) is 4.79 Å². The van der Waals surface area contributed by atoms with Crippen molar-refractivity contribution in [2.45, 2.75) is 31.7 Å². The molecule has 1 aliphatic rings. The lowest BCUT2D eigenvalue weighted by atomic mass is 9.78. The monoisotopic (exact) mass is 238 g/mol. The van der Waals surface area contributed by atoms with Gasteiger partial charge >= 0.3 is 0 Å². The number of nitrogens with two attached hydrogens (primary N) is 1. The van der Waals surface area contributed by atoms with Crippen LogP contribution in [-0.2, 0) is 0 Å². The van der Waals surface area contributed by atoms with Crippen LogP contribution in [0.25, 0.3) is 0 Å². The predicted octanol–water partition coefficient (Wildman–Crippen LogP) is 2.59. The average Bonchev–Trinajstić information content (AvgIpc) is 2.19. The number of anilines is 1. The molecule has 1 amide bonds. The van der Waals surface area contributed by atoms with Crippen LogP contribution in [0.15, 0.2) is 18.2 Å². The zero-order valence-electron chi connectivity index (χ0n) is 9.22. The molecule has 3 N–H and O–H groups in total. The van der Waals surface area contributed by atoms with Gasteiger partial charge in [-0.05, 0) is 44.4 Å². The third kappa shape index (κ3) is 2.14. The maximum Gasteiger partial charge on any atom is 0.251 e. The molecule has 0 saturated heterocycles. The van der Waals surface area contributed by atoms with Gasteiger partial charge in [0.05, 0.1) is 10.7 Å². The van der Waals surface area contributed by atoms with Gasteiger partial charge in [-0.25, -0.2) is 0 Å². The Morgan fingerprint density at radius 1 is 1.50 bits per heavy atom. The molecule has 1 fully saturated rings. The molecule has 86 valence electrons. The van der Waals surface area contributed by atoms with E-state index in [0.29, 0.717) is 16.3 Å². The summed E-state index contributed by atoms with van der Waals surface area (Å²) in [4.78, 5) is 11.9. The van der Waals surface area contributed by atoms with E-state index in [1.54, 1.807) is 18.2 Å². The van der Waals surface area contributed by atoms with Crippen LogP contribution in [0.3, 0.4) is 0 Å². The van der Waals surface area contributed by atoms with Crippen LogP contribution < -0.4 is 11.1 Å². The number of benzene rings is 1. The van der Waals surface area contributed by atoms with Crippen molar-refractivity contribution in [1.29, 1.82) is 0 Å². The molecule has 0 heterocycles. The lowest BCUT2D eigenvalue weighted by Crippen LogP contribution is -2.50. The smallest absolute Gasteiger partial charge is 0.251 e. The molecule has 2 rings (SSSR count). The lowest BCUT2D eigenvalue weighted by molar-refractivity contribution is 0.0850. The predicted molar refractivity (Wildman–Crippen MR) is 65.6 cm³/mol. The zero-order chi connectivity index (χ0) is 11.8. The van der Waals surface area contributed by atoms with Gasteiger partial charge in [0.25, 0.3) is 5.91 Å². The van der Waals surface area contributed by atoms with Crippen LogP contribution in [-0.4, -0.2) is 11.4 Å². The van der Waals surface area contributed by atoms with Crippen LogP contribution in [0.5, 0.6) is 0 Å². The Morgan fingerprint density at radius 3 is 2.69 bits per heavy atom. The minimum absolute atomic E-state index is 0.0362. The van der Waals surface area contributed by atoms with Crippen molar-refractivity contribution < 1.29 is 4.79 Å². The summed E-state index contributed by atoms with van der Waals surface area (Å²) < 4.78 is 0. The number of nitrogens with one attached hydrogen (secondary N) is 1. The highest BCUT2D eigenvalue weighted by molar-refractivity contribution is 6.33. The molecule has 0 spiro atoms. The first-order valence-corrected chi connectivity index (χ1v) is 5.75. The second-order valence-corrected chi connectivity index (χ2v) is 5.01. The zero-order valence-corrected chi connectivity index (χ0v) is 9.97. The van der Waals surface area contributed by atoms with E-state index >= 15 is 0 Å². The van der Waals surface area contributed by atoms with E-state index in [-0.39, 0.29) is 11.4 Å². The van der Waals surface area contributed by atoms with E-state index in [1.165, 1.54) is 6.42 Å². The molecule has 0 bridgehead atoms. The fourth-order valence-electron chi connectivity index (χ4n) is 1.86. The van der Waals surface area contributed by atoms with E-state index < -0.39 is 0 Å². The van der Waals surface area contributed by atoms with E-state index in [2.05, 4.69) is 12.2 Å². The van der Waals surface area contributed by atoms with Gasteiger partial charge in [-0.1, -0.05) is 11.6 Å². The van der Waals surface area contributed by atoms with Gasteiger partial charge in [-0.2, -0.15) is 0 Å². The Bertz CT molecular complexity index is 427. The Kier molecular flexibility index (Phi) is 2.80. The SMILES string of the molecule is CC1(NC(=O)c2ccc(Cl)c(N)c2)CCC1. The number of halogens is 1. The second-order valence-electron chi connectivity index (χ2n) is 4.60. The standard InChI is InChI=1S/C12H15ClN2O/c1-12(5-2-6-12)15-11(16)8-3-4-9(13)10(14)7-8/h3-4,7H,2,5-6,14H2,1H3,(H,15,16). The molecule has 1 aliphatic carbocycles. The normalized spacial score (nSPS) is 17.6. The maximum absolute atomic E-state index is 11.9. The minimum atomic E-state index is -0.0782. The van der Waals surface area contributed by atoms with Crippen molar-refractivity contribution >= 4 is 23.2 Å². The Balaban J connectivity index is 2.11. The molecule has 0 unspecified atom stereocenters. The van der Waals surface area contributed by atoms with Crippen LogP contribution in [0, 0.1) is 0 Å². The molecule has 1 aromatic rings. The van der Waals surface area contributed by atoms with Crippen LogP contribution in [0.2, 0.25) is 5.02 Å². The quantitative estimate of drug-likeness (QED) is 0.779. The first-order valence-electron chi connectivity index (χ1n) is 5.38. The number of carbonyl (C=O) groups excluding carboxylic acids is 1. The lowest BCUT2D eigenvalue weighted by Gasteiger charge is -2.39. The van der Waals surface area contributed by atoms with Crippen LogP contribution >= 0.6 is 11.6 Å². The third-order valence-corrected chi connectivity index (χ3v) is 3.47. The number of hydrogen-bond acceptors (Lipinski definition) is 2. The van der Waals surface area contributed by atoms with Crippen LogP contribution in [0.4, 0.5) is 5.69 Å². The summed E-state index contributed by atoms with van der Waals surface area (Å²) in [5, 5.41) is 3.50. The molecule has 1 saturated carbocycles. The summed E-state index contributed by atoms with van der Waals surface area (Å²) in [6, 6.07) is 4.95. The molecule has 0 aromatic heterocycles.